The molecule has 2 N–H and O–H groups in total. The summed E-state index contributed by atoms with van der Waals surface area (Å²) in [5.74, 6) is 0. The zero-order valence-electron chi connectivity index (χ0n) is 69.6. The first kappa shape index (κ1) is 83.6. The average Bonchev–Trinajstić information content (AvgIpc) is 1.73. The molecule has 608 valence electrons. The van der Waals surface area contributed by atoms with Crippen molar-refractivity contribution in [3.63, 3.8) is 0 Å². The number of carbonyl (C=O) groups excluding carboxylic acids is 1. The summed E-state index contributed by atoms with van der Waals surface area (Å²) in [6, 6.07) is 130. The predicted molar refractivity (Wildman–Crippen MR) is 540 cm³/mol. The van der Waals surface area contributed by atoms with Crippen molar-refractivity contribution in [2.75, 3.05) is 5.73 Å². The number of nitrogen functional groups attached to an aromatic ring is 1. The average molecular weight is 1880 g/mol. The standard InChI is InChI=1S/C45H27N3.C35H30BNO2.C16H9BrN2.C9H8N2.C7H4BrIO/c46-28-29-7-9-30(10-8-29)31-11-15-33(16-12-31)39-22-23-40(42-6-2-1-5-41(39)42)34-17-13-32(14-18-34)36-21-24-43-38(26-36)27-37-20-19-35-4-3-25-47-44(35)45(37)48-43;1-34(2)35(3,4)39-36(38-34)29-19-17-28(18-20-29)31-22-21-30(32-7-5-6-8-33(31)32)27-15-13-26(14-16-27)25-11-9-24(23-37)10-12-25;17-13-5-6-14-12(9-13)8-11-4-3-10-2-1-7-18-15(10)16(11)19-14;10-8-5-1-3-7-4-2-6-11-9(7)8;8-6-1-2-7(9)5(3-6)4-10/h1-27H;5-22H,1-4H3;1-9H;1-6H,10H2;1-4H. The first-order valence-corrected chi connectivity index (χ1v) is 44.2. The van der Waals surface area contributed by atoms with Crippen LogP contribution in [0, 0.1) is 26.2 Å². The number of hydrogen-bond donors (Lipinski definition) is 1. The van der Waals surface area contributed by atoms with E-state index in [4.69, 9.17) is 35.5 Å². The molecule has 16 aromatic carbocycles. The Balaban J connectivity index is 0.000000121. The third-order valence-corrected chi connectivity index (χ3v) is 25.6. The lowest BCUT2D eigenvalue weighted by molar-refractivity contribution is 0.00578. The molecule has 0 unspecified atom stereocenters. The number of hydrogen-bond acceptors (Lipinski definition) is 11. The van der Waals surface area contributed by atoms with Gasteiger partial charge < -0.3 is 15.0 Å². The van der Waals surface area contributed by atoms with E-state index < -0.39 is 0 Å². The van der Waals surface area contributed by atoms with Crippen LogP contribution in [0.4, 0.5) is 5.69 Å². The maximum atomic E-state index is 10.4. The monoisotopic (exact) mass is 1880 g/mol. The van der Waals surface area contributed by atoms with Gasteiger partial charge in [0.25, 0.3) is 0 Å². The molecule has 0 bridgehead atoms. The van der Waals surface area contributed by atoms with Crippen molar-refractivity contribution >= 4 is 177 Å². The van der Waals surface area contributed by atoms with Gasteiger partial charge in [-0.1, -0.05) is 287 Å². The zero-order chi connectivity index (χ0) is 87.3. The number of nitriles is 2. The Bertz CT molecular complexity index is 7840. The van der Waals surface area contributed by atoms with Crippen LogP contribution in [-0.2, 0) is 9.31 Å². The predicted octanol–water partition coefficient (Wildman–Crippen LogP) is 29.0. The number of fused-ring (bicyclic) bond motifs is 11. The number of pyridine rings is 5. The number of aldehydes is 1. The van der Waals surface area contributed by atoms with Gasteiger partial charge in [0.05, 0.1) is 78.8 Å². The van der Waals surface area contributed by atoms with Crippen molar-refractivity contribution in [2.45, 2.75) is 38.9 Å². The third-order valence-electron chi connectivity index (χ3n) is 23.6. The summed E-state index contributed by atoms with van der Waals surface area (Å²) in [5, 5.41) is 30.9. The molecular formula is C112H78BBr2IN8O3. The largest absolute Gasteiger partial charge is 0.494 e. The van der Waals surface area contributed by atoms with Crippen molar-refractivity contribution in [3.8, 4) is 90.0 Å². The van der Waals surface area contributed by atoms with Gasteiger partial charge in [-0.15, -0.1) is 0 Å². The highest BCUT2D eigenvalue weighted by molar-refractivity contribution is 14.1. The molecule has 1 fully saturated rings. The van der Waals surface area contributed by atoms with Crippen LogP contribution in [0.1, 0.15) is 49.2 Å². The van der Waals surface area contributed by atoms with Crippen LogP contribution in [0.3, 0.4) is 0 Å². The molecule has 21 aromatic rings. The Hall–Kier alpha value is -14.3. The molecule has 127 heavy (non-hydrogen) atoms. The second-order valence-electron chi connectivity index (χ2n) is 32.1. The minimum atomic E-state index is -0.365. The summed E-state index contributed by atoms with van der Waals surface area (Å²) >= 11 is 8.90. The summed E-state index contributed by atoms with van der Waals surface area (Å²) in [6.07, 6.45) is 6.25. The van der Waals surface area contributed by atoms with E-state index in [0.717, 1.165) is 140 Å². The number of para-hydroxylation sites is 1. The van der Waals surface area contributed by atoms with E-state index in [9.17, 15) is 4.79 Å². The number of rotatable bonds is 9. The lowest BCUT2D eigenvalue weighted by Gasteiger charge is -2.32. The van der Waals surface area contributed by atoms with E-state index in [1.54, 1.807) is 12.3 Å². The van der Waals surface area contributed by atoms with Crippen LogP contribution in [0.2, 0.25) is 0 Å². The quantitative estimate of drug-likeness (QED) is 0.0364. The molecule has 0 aliphatic carbocycles. The molecule has 0 saturated carbocycles. The Kier molecular flexibility index (Phi) is 24.0. The fourth-order valence-electron chi connectivity index (χ4n) is 16.2. The highest BCUT2D eigenvalue weighted by Gasteiger charge is 2.51. The number of halogens is 3. The van der Waals surface area contributed by atoms with Crippen molar-refractivity contribution < 1.29 is 14.1 Å². The maximum absolute atomic E-state index is 10.4. The number of anilines is 1. The van der Waals surface area contributed by atoms with E-state index in [1.807, 2.05) is 128 Å². The second kappa shape index (κ2) is 36.5. The van der Waals surface area contributed by atoms with E-state index in [0.29, 0.717) is 11.1 Å². The molecule has 0 amide bonds. The van der Waals surface area contributed by atoms with Gasteiger partial charge in [-0.3, -0.25) is 19.7 Å². The van der Waals surface area contributed by atoms with Crippen LogP contribution in [0.25, 0.3) is 176 Å². The lowest BCUT2D eigenvalue weighted by atomic mass is 9.78. The van der Waals surface area contributed by atoms with Crippen molar-refractivity contribution in [3.05, 3.63) is 412 Å². The van der Waals surface area contributed by atoms with Gasteiger partial charge in [-0.2, -0.15) is 10.5 Å². The summed E-state index contributed by atoms with van der Waals surface area (Å²) in [5.41, 5.74) is 31.8. The normalized spacial score (nSPS) is 12.5. The van der Waals surface area contributed by atoms with Gasteiger partial charge >= 0.3 is 7.12 Å². The topological polar surface area (TPSA) is 174 Å². The Labute approximate surface area is 766 Å². The third kappa shape index (κ3) is 17.8. The first-order valence-electron chi connectivity index (χ1n) is 41.5. The molecule has 22 rings (SSSR count). The SMILES string of the molecule is Brc1ccc2nc3c(ccc4cccnc43)cc2c1.CC1(C)OB(c2ccc(-c3ccc(-c4ccc(-c5ccc(C#N)cc5)cc4)c4ccccc34)cc2)OC1(C)C.N#Cc1ccc(-c2ccc(-c3ccc(-c4ccc(-c5ccc6nc7c(ccc8cccnc87)cc6c5)cc4)c4ccccc34)cc2)cc1.Nc1cccc2cccnc12.O=Cc1cc(Br)ccc1I. The lowest BCUT2D eigenvalue weighted by Crippen LogP contribution is -2.41. The Morgan fingerprint density at radius 2 is 0.685 bits per heavy atom. The smallest absolute Gasteiger partial charge is 0.399 e. The van der Waals surface area contributed by atoms with Crippen LogP contribution in [-0.4, -0.2) is 49.5 Å². The zero-order valence-corrected chi connectivity index (χ0v) is 74.9. The number of nitrogens with two attached hydrogens (primary N) is 1. The highest BCUT2D eigenvalue weighted by atomic mass is 127. The molecule has 5 aromatic heterocycles. The van der Waals surface area contributed by atoms with Gasteiger partial charge in [0.15, 0.2) is 6.29 Å². The Morgan fingerprint density at radius 1 is 0.339 bits per heavy atom. The van der Waals surface area contributed by atoms with E-state index >= 15 is 0 Å². The van der Waals surface area contributed by atoms with Crippen molar-refractivity contribution in [2.24, 2.45) is 0 Å². The molecule has 1 saturated heterocycles. The number of benzene rings is 16. The van der Waals surface area contributed by atoms with E-state index in [2.05, 4.69) is 352 Å². The molecule has 0 atom stereocenters. The molecule has 6 heterocycles. The molecule has 11 nitrogen and oxygen atoms in total. The molecule has 0 spiro atoms. The van der Waals surface area contributed by atoms with Crippen LogP contribution >= 0.6 is 54.5 Å². The van der Waals surface area contributed by atoms with Gasteiger partial charge in [0.1, 0.15) is 0 Å². The van der Waals surface area contributed by atoms with Gasteiger partial charge in [-0.05, 0) is 264 Å². The van der Waals surface area contributed by atoms with Gasteiger partial charge in [0.2, 0.25) is 0 Å². The fraction of sp³-hybridized carbons (Fsp3) is 0.0536. The number of carbonyl (C=O) groups is 1. The molecular weight excluding hydrogens is 1800 g/mol. The minimum Gasteiger partial charge on any atom is -0.399 e. The first-order chi connectivity index (χ1) is 61.9. The Morgan fingerprint density at radius 3 is 1.10 bits per heavy atom. The number of nitrogens with zero attached hydrogens (tertiary/aromatic N) is 7. The summed E-state index contributed by atoms with van der Waals surface area (Å²) in [6.45, 7) is 8.32. The van der Waals surface area contributed by atoms with E-state index in [1.165, 1.54) is 71.6 Å². The van der Waals surface area contributed by atoms with Crippen LogP contribution in [0.5, 0.6) is 0 Å². The highest BCUT2D eigenvalue weighted by Crippen LogP contribution is 2.42. The van der Waals surface area contributed by atoms with Crippen molar-refractivity contribution in [1.29, 1.82) is 10.5 Å². The second-order valence-corrected chi connectivity index (χ2v) is 35.1. The van der Waals surface area contributed by atoms with E-state index in [-0.39, 0.29) is 18.3 Å². The van der Waals surface area contributed by atoms with Crippen LogP contribution < -0.4 is 11.2 Å². The van der Waals surface area contributed by atoms with Gasteiger partial charge in [-0.25, -0.2) is 9.97 Å². The maximum Gasteiger partial charge on any atom is 0.494 e. The summed E-state index contributed by atoms with van der Waals surface area (Å²) < 4.78 is 15.5. The van der Waals surface area contributed by atoms with Crippen molar-refractivity contribution in [1.82, 2.24) is 24.9 Å². The minimum absolute atomic E-state index is 0.359. The summed E-state index contributed by atoms with van der Waals surface area (Å²) in [4.78, 5) is 33.3. The summed E-state index contributed by atoms with van der Waals surface area (Å²) in [7, 11) is -0.365. The fourth-order valence-corrected chi connectivity index (χ4v) is 17.4. The van der Waals surface area contributed by atoms with Gasteiger partial charge in [0, 0.05) is 74.4 Å². The number of aromatic nitrogens is 5. The molecule has 0 radical (unpaired) electrons. The van der Waals surface area contributed by atoms with Crippen LogP contribution in [0.15, 0.2) is 392 Å². The molecule has 1 aliphatic rings. The molecule has 15 heteroatoms. The molecule has 1 aliphatic heterocycles.